The summed E-state index contributed by atoms with van der Waals surface area (Å²) in [6.07, 6.45) is 0. The lowest BCUT2D eigenvalue weighted by Crippen LogP contribution is -1.98. The Balaban J connectivity index is 3.22. The number of carbonyl (C=O) groups excluding carboxylic acids is 1. The molecular weight excluding hydrogens is 257 g/mol. The Morgan fingerprint density at radius 2 is 2.31 bits per heavy atom. The molecule has 1 aromatic carbocycles. The number of hydrogen-bond donors (Lipinski definition) is 0. The van der Waals surface area contributed by atoms with Crippen LogP contribution in [0.5, 0.6) is 0 Å². The molecule has 0 aliphatic carbocycles. The predicted octanol–water partition coefficient (Wildman–Crippen LogP) is 2.83. The maximum atomic E-state index is 13.2. The van der Waals surface area contributed by atoms with E-state index in [4.69, 9.17) is 0 Å². The minimum absolute atomic E-state index is 0.119. The largest absolute Gasteiger partial charge is 0.288 e. The molecule has 5 heteroatoms. The van der Waals surface area contributed by atoms with Crippen molar-refractivity contribution >= 4 is 39.2 Å². The lowest BCUT2D eigenvalue weighted by Gasteiger charge is -1.97. The van der Waals surface area contributed by atoms with Gasteiger partial charge in [0.05, 0.1) is 15.2 Å². The van der Waals surface area contributed by atoms with Gasteiger partial charge in [-0.05, 0) is 40.3 Å². The number of nitrogens with zero attached hydrogens (tertiary/aromatic N) is 1. The molecule has 1 amide bonds. The molecule has 0 aliphatic rings. The van der Waals surface area contributed by atoms with Crippen molar-refractivity contribution in [2.45, 2.75) is 0 Å². The van der Waals surface area contributed by atoms with Crippen molar-refractivity contribution in [1.82, 2.24) is 0 Å². The van der Waals surface area contributed by atoms with E-state index in [9.17, 15) is 9.18 Å². The van der Waals surface area contributed by atoms with Crippen LogP contribution >= 0.6 is 28.1 Å². The molecule has 0 radical (unpaired) electrons. The minimum atomic E-state index is -0.728. The van der Waals surface area contributed by atoms with Crippen molar-refractivity contribution in [2.75, 3.05) is 0 Å². The summed E-state index contributed by atoms with van der Waals surface area (Å²) in [6.45, 7) is 0. The van der Waals surface area contributed by atoms with E-state index in [0.717, 1.165) is 0 Å². The zero-order valence-electron chi connectivity index (χ0n) is 6.25. The zero-order chi connectivity index (χ0) is 9.84. The van der Waals surface area contributed by atoms with E-state index in [1.54, 1.807) is 6.07 Å². The van der Waals surface area contributed by atoms with E-state index >= 15 is 0 Å². The maximum absolute atomic E-state index is 13.2. The molecule has 0 heterocycles. The van der Waals surface area contributed by atoms with Gasteiger partial charge in [-0.1, -0.05) is 6.07 Å². The van der Waals surface area contributed by atoms with Gasteiger partial charge < -0.3 is 0 Å². The molecule has 2 nitrogen and oxygen atoms in total. The lowest BCUT2D eigenvalue weighted by molar-refractivity contribution is 0.1000. The Hall–Kier alpha value is -0.900. The van der Waals surface area contributed by atoms with E-state index < -0.39 is 11.7 Å². The molecule has 1 aromatic rings. The molecule has 1 rings (SSSR count). The summed E-state index contributed by atoms with van der Waals surface area (Å²) in [6, 6.07) is 4.37. The van der Waals surface area contributed by atoms with Crippen LogP contribution in [0, 0.1) is 5.82 Å². The predicted molar refractivity (Wildman–Crippen MR) is 53.5 cm³/mol. The molecule has 0 atom stereocenters. The topological polar surface area (TPSA) is 29.4 Å². The highest BCUT2D eigenvalue weighted by Gasteiger charge is 2.12. The van der Waals surface area contributed by atoms with Crippen LogP contribution in [-0.4, -0.2) is 11.1 Å². The van der Waals surface area contributed by atoms with Crippen molar-refractivity contribution < 1.29 is 9.18 Å². The summed E-state index contributed by atoms with van der Waals surface area (Å²) >= 11 is 7.18. The van der Waals surface area contributed by atoms with E-state index in [2.05, 4.69) is 33.1 Å². The number of carbonyl (C=O) groups is 1. The van der Waals surface area contributed by atoms with Gasteiger partial charge in [-0.15, -0.1) is 0 Å². The van der Waals surface area contributed by atoms with E-state index in [1.165, 1.54) is 12.1 Å². The lowest BCUT2D eigenvalue weighted by atomic mass is 10.2. The first-order valence-corrected chi connectivity index (χ1v) is 4.43. The second kappa shape index (κ2) is 4.37. The summed E-state index contributed by atoms with van der Waals surface area (Å²) in [5.41, 5.74) is -0.119. The fraction of sp³-hybridized carbons (Fsp3) is 0. The summed E-state index contributed by atoms with van der Waals surface area (Å²) in [4.78, 5) is 14.2. The van der Waals surface area contributed by atoms with Crippen molar-refractivity contribution in [2.24, 2.45) is 4.99 Å². The molecule has 0 spiro atoms. The molecule has 0 aromatic heterocycles. The Kier molecular flexibility index (Phi) is 3.42. The summed E-state index contributed by atoms with van der Waals surface area (Å²) in [5.74, 6) is -1.37. The highest BCUT2D eigenvalue weighted by atomic mass is 79.9. The average Bonchev–Trinajstić information content (AvgIpc) is 2.10. The fourth-order valence-electron chi connectivity index (χ4n) is 0.771. The Bertz CT molecular complexity index is 401. The van der Waals surface area contributed by atoms with Crippen molar-refractivity contribution in [1.29, 1.82) is 0 Å². The monoisotopic (exact) mass is 259 g/mol. The highest BCUT2D eigenvalue weighted by Crippen LogP contribution is 2.18. The second-order valence-electron chi connectivity index (χ2n) is 2.11. The van der Waals surface area contributed by atoms with Crippen LogP contribution in [0.2, 0.25) is 0 Å². The maximum Gasteiger partial charge on any atom is 0.288 e. The van der Waals surface area contributed by atoms with Gasteiger partial charge in [0.2, 0.25) is 0 Å². The van der Waals surface area contributed by atoms with Gasteiger partial charge in [-0.25, -0.2) is 4.39 Å². The number of aliphatic imine (C=N–C) groups is 1. The molecule has 0 aliphatic heterocycles. The van der Waals surface area contributed by atoms with Crippen LogP contribution in [-0.2, 0) is 0 Å². The van der Waals surface area contributed by atoms with E-state index in [1.807, 2.05) is 5.16 Å². The van der Waals surface area contributed by atoms with Crippen LogP contribution in [0.3, 0.4) is 0 Å². The van der Waals surface area contributed by atoms with E-state index in [-0.39, 0.29) is 10.0 Å². The quantitative estimate of drug-likeness (QED) is 0.574. The molecule has 13 heavy (non-hydrogen) atoms. The van der Waals surface area contributed by atoms with E-state index in [0.29, 0.717) is 0 Å². The number of amides is 1. The highest BCUT2D eigenvalue weighted by molar-refractivity contribution is 9.10. The number of hydrogen-bond acceptors (Lipinski definition) is 2. The Morgan fingerprint density at radius 3 is 2.92 bits per heavy atom. The molecule has 0 fully saturated rings. The summed E-state index contributed by atoms with van der Waals surface area (Å²) in [5, 5.41) is 1.89. The molecule has 0 unspecified atom stereocenters. The van der Waals surface area contributed by atoms with Crippen LogP contribution in [0.1, 0.15) is 10.4 Å². The Labute approximate surface area is 87.6 Å². The summed E-state index contributed by atoms with van der Waals surface area (Å²) < 4.78 is 13.4. The number of rotatable bonds is 1. The molecule has 0 bridgehead atoms. The third-order valence-corrected chi connectivity index (χ3v) is 2.03. The molecule has 0 saturated carbocycles. The molecular formula is C8H3BrFNOS. The molecule has 0 saturated heterocycles. The number of isothiocyanates is 1. The minimum Gasteiger partial charge on any atom is -0.266 e. The third-order valence-electron chi connectivity index (χ3n) is 1.33. The van der Waals surface area contributed by atoms with Crippen LogP contribution in [0.15, 0.2) is 27.7 Å². The van der Waals surface area contributed by atoms with Crippen LogP contribution < -0.4 is 0 Å². The number of benzene rings is 1. The van der Waals surface area contributed by atoms with Gasteiger partial charge in [-0.2, -0.15) is 4.99 Å². The Morgan fingerprint density at radius 1 is 1.62 bits per heavy atom. The van der Waals surface area contributed by atoms with Crippen LogP contribution in [0.25, 0.3) is 0 Å². The normalized spacial score (nSPS) is 9.08. The van der Waals surface area contributed by atoms with Crippen LogP contribution in [0.4, 0.5) is 4.39 Å². The fourth-order valence-corrected chi connectivity index (χ4v) is 1.22. The van der Waals surface area contributed by atoms with Gasteiger partial charge >= 0.3 is 0 Å². The molecule has 66 valence electrons. The first-order chi connectivity index (χ1) is 6.16. The van der Waals surface area contributed by atoms with Crippen molar-refractivity contribution in [3.05, 3.63) is 34.1 Å². The van der Waals surface area contributed by atoms with Crippen molar-refractivity contribution in [3.8, 4) is 0 Å². The van der Waals surface area contributed by atoms with Gasteiger partial charge in [-0.3, -0.25) is 4.79 Å². The number of thiocarbonyl (C=S) groups is 1. The standard InChI is InChI=1S/C8H3BrFNOS/c9-6-3-1-2-5(7(6)10)8(12)11-4-13/h1-3H. The van der Waals surface area contributed by atoms with Gasteiger partial charge in [0.15, 0.2) is 0 Å². The second-order valence-corrected chi connectivity index (χ2v) is 3.15. The zero-order valence-corrected chi connectivity index (χ0v) is 8.65. The number of halogens is 2. The summed E-state index contributed by atoms with van der Waals surface area (Å²) in [7, 11) is 0. The first-order valence-electron chi connectivity index (χ1n) is 3.23. The van der Waals surface area contributed by atoms with Gasteiger partial charge in [0.25, 0.3) is 5.91 Å². The SMILES string of the molecule is O=C(N=C=S)c1cccc(Br)c1F. The third kappa shape index (κ3) is 2.28. The molecule has 0 N–H and O–H groups in total. The first kappa shape index (κ1) is 10.2. The van der Waals surface area contributed by atoms with Gasteiger partial charge in [0, 0.05) is 0 Å². The van der Waals surface area contributed by atoms with Crippen molar-refractivity contribution in [3.63, 3.8) is 0 Å². The average molecular weight is 260 g/mol. The smallest absolute Gasteiger partial charge is 0.266 e. The van der Waals surface area contributed by atoms with Gasteiger partial charge in [0.1, 0.15) is 5.82 Å².